The van der Waals surface area contributed by atoms with Gasteiger partial charge >= 0.3 is 0 Å². The molecule has 1 aliphatic carbocycles. The Kier molecular flexibility index (Phi) is 4.80. The Bertz CT molecular complexity index is 924. The zero-order valence-corrected chi connectivity index (χ0v) is 15.9. The topological polar surface area (TPSA) is 46.9 Å². The van der Waals surface area contributed by atoms with Crippen molar-refractivity contribution < 1.29 is 4.79 Å². The fourth-order valence-corrected chi connectivity index (χ4v) is 3.36. The van der Waals surface area contributed by atoms with Gasteiger partial charge in [0.1, 0.15) is 5.69 Å². The van der Waals surface area contributed by atoms with Crippen molar-refractivity contribution in [3.63, 3.8) is 0 Å². The molecule has 0 aliphatic heterocycles. The standard InChI is InChI=1S/C23H25N3O/c1-3-20(17-11-9-16(2)10-12-17)24-23(27)22-15-21(18-13-14-18)25-26(22)19-7-5-4-6-8-19/h4-12,15,18,20H,3,13-14H2,1-2H3,(H,24,27). The van der Waals surface area contributed by atoms with Gasteiger partial charge in [0.15, 0.2) is 0 Å². The van der Waals surface area contributed by atoms with E-state index in [2.05, 4.69) is 43.4 Å². The van der Waals surface area contributed by atoms with Crippen LogP contribution < -0.4 is 5.32 Å². The summed E-state index contributed by atoms with van der Waals surface area (Å²) in [5.41, 5.74) is 4.89. The third-order valence-corrected chi connectivity index (χ3v) is 5.15. The van der Waals surface area contributed by atoms with Crippen LogP contribution in [-0.2, 0) is 0 Å². The Hall–Kier alpha value is -2.88. The summed E-state index contributed by atoms with van der Waals surface area (Å²) in [5.74, 6) is 0.422. The molecule has 2 aromatic carbocycles. The first-order valence-electron chi connectivity index (χ1n) is 9.68. The van der Waals surface area contributed by atoms with Gasteiger partial charge < -0.3 is 5.32 Å². The molecule has 138 valence electrons. The van der Waals surface area contributed by atoms with Crippen molar-refractivity contribution in [2.24, 2.45) is 0 Å². The molecule has 1 amide bonds. The third-order valence-electron chi connectivity index (χ3n) is 5.15. The Morgan fingerprint density at radius 1 is 1.15 bits per heavy atom. The van der Waals surface area contributed by atoms with E-state index < -0.39 is 0 Å². The van der Waals surface area contributed by atoms with E-state index in [1.165, 1.54) is 5.56 Å². The lowest BCUT2D eigenvalue weighted by atomic mass is 10.0. The van der Waals surface area contributed by atoms with Crippen molar-refractivity contribution in [3.05, 3.63) is 83.2 Å². The Morgan fingerprint density at radius 3 is 2.48 bits per heavy atom. The highest BCUT2D eigenvalue weighted by atomic mass is 16.2. The van der Waals surface area contributed by atoms with Gasteiger partial charge in [-0.3, -0.25) is 4.79 Å². The van der Waals surface area contributed by atoms with Crippen molar-refractivity contribution in [3.8, 4) is 5.69 Å². The van der Waals surface area contributed by atoms with E-state index >= 15 is 0 Å². The zero-order chi connectivity index (χ0) is 18.8. The second kappa shape index (κ2) is 7.39. The number of rotatable bonds is 6. The lowest BCUT2D eigenvalue weighted by Crippen LogP contribution is -2.30. The lowest BCUT2D eigenvalue weighted by molar-refractivity contribution is 0.0927. The first-order chi connectivity index (χ1) is 13.2. The molecule has 1 N–H and O–H groups in total. The minimum Gasteiger partial charge on any atom is -0.344 e. The van der Waals surface area contributed by atoms with E-state index in [1.807, 2.05) is 36.4 Å². The second-order valence-corrected chi connectivity index (χ2v) is 7.32. The molecule has 3 aromatic rings. The molecular formula is C23H25N3O. The van der Waals surface area contributed by atoms with Gasteiger partial charge in [-0.05, 0) is 49.9 Å². The van der Waals surface area contributed by atoms with E-state index in [4.69, 9.17) is 5.10 Å². The van der Waals surface area contributed by atoms with E-state index in [0.717, 1.165) is 36.2 Å². The van der Waals surface area contributed by atoms with Crippen LogP contribution in [0.5, 0.6) is 0 Å². The average Bonchev–Trinajstić information content (AvgIpc) is 3.45. The normalized spacial score (nSPS) is 14.7. The molecule has 4 heteroatoms. The molecule has 1 unspecified atom stereocenters. The van der Waals surface area contributed by atoms with Gasteiger partial charge in [-0.25, -0.2) is 4.68 Å². The number of aromatic nitrogens is 2. The summed E-state index contributed by atoms with van der Waals surface area (Å²) in [4.78, 5) is 13.1. The Balaban J connectivity index is 1.63. The van der Waals surface area contributed by atoms with E-state index in [-0.39, 0.29) is 11.9 Å². The van der Waals surface area contributed by atoms with Crippen LogP contribution in [0.2, 0.25) is 0 Å². The summed E-state index contributed by atoms with van der Waals surface area (Å²) in [6.45, 7) is 4.16. The maximum absolute atomic E-state index is 13.1. The van der Waals surface area contributed by atoms with Gasteiger partial charge in [-0.2, -0.15) is 5.10 Å². The lowest BCUT2D eigenvalue weighted by Gasteiger charge is -2.18. The molecule has 4 nitrogen and oxygen atoms in total. The number of hydrogen-bond donors (Lipinski definition) is 1. The van der Waals surface area contributed by atoms with Crippen LogP contribution in [0.15, 0.2) is 60.7 Å². The first-order valence-corrected chi connectivity index (χ1v) is 9.68. The molecule has 0 radical (unpaired) electrons. The Labute approximate surface area is 160 Å². The summed E-state index contributed by atoms with van der Waals surface area (Å²) in [5, 5.41) is 7.94. The molecule has 1 aliphatic rings. The van der Waals surface area contributed by atoms with Gasteiger partial charge in [0.2, 0.25) is 0 Å². The number of benzene rings is 2. The van der Waals surface area contributed by atoms with Gasteiger partial charge in [0.05, 0.1) is 17.4 Å². The van der Waals surface area contributed by atoms with Crippen LogP contribution in [0.3, 0.4) is 0 Å². The summed E-state index contributed by atoms with van der Waals surface area (Å²) < 4.78 is 1.78. The van der Waals surface area contributed by atoms with Crippen LogP contribution in [0.1, 0.15) is 65.5 Å². The Morgan fingerprint density at radius 2 is 1.85 bits per heavy atom. The van der Waals surface area contributed by atoms with Crippen LogP contribution in [0.25, 0.3) is 5.69 Å². The predicted octanol–water partition coefficient (Wildman–Crippen LogP) is 4.94. The fourth-order valence-electron chi connectivity index (χ4n) is 3.36. The number of aryl methyl sites for hydroxylation is 1. The molecule has 1 aromatic heterocycles. The molecule has 0 bridgehead atoms. The van der Waals surface area contributed by atoms with Crippen LogP contribution >= 0.6 is 0 Å². The number of nitrogens with one attached hydrogen (secondary N) is 1. The summed E-state index contributed by atoms with van der Waals surface area (Å²) >= 11 is 0. The maximum atomic E-state index is 13.1. The second-order valence-electron chi connectivity index (χ2n) is 7.32. The van der Waals surface area contributed by atoms with Gasteiger partial charge in [0.25, 0.3) is 5.91 Å². The number of amides is 1. The van der Waals surface area contributed by atoms with Gasteiger partial charge in [-0.15, -0.1) is 0 Å². The molecule has 0 saturated heterocycles. The number of carbonyl (C=O) groups excluding carboxylic acids is 1. The fraction of sp³-hybridized carbons (Fsp3) is 0.304. The van der Waals surface area contributed by atoms with E-state index in [0.29, 0.717) is 11.6 Å². The molecule has 1 fully saturated rings. The number of hydrogen-bond acceptors (Lipinski definition) is 2. The number of nitrogens with zero attached hydrogens (tertiary/aromatic N) is 2. The SMILES string of the molecule is CCC(NC(=O)c1cc(C2CC2)nn1-c1ccccc1)c1ccc(C)cc1. The minimum atomic E-state index is -0.0781. The highest BCUT2D eigenvalue weighted by molar-refractivity contribution is 5.93. The number of para-hydroxylation sites is 1. The van der Waals surface area contributed by atoms with Gasteiger partial charge in [0, 0.05) is 5.92 Å². The zero-order valence-electron chi connectivity index (χ0n) is 15.9. The molecule has 0 spiro atoms. The molecule has 1 saturated carbocycles. The van der Waals surface area contributed by atoms with Crippen LogP contribution in [-0.4, -0.2) is 15.7 Å². The van der Waals surface area contributed by atoms with Gasteiger partial charge in [-0.1, -0.05) is 55.0 Å². The quantitative estimate of drug-likeness (QED) is 0.678. The highest BCUT2D eigenvalue weighted by Gasteiger charge is 2.29. The minimum absolute atomic E-state index is 0.0124. The largest absolute Gasteiger partial charge is 0.344 e. The number of carbonyl (C=O) groups is 1. The van der Waals surface area contributed by atoms with Crippen molar-refractivity contribution >= 4 is 5.91 Å². The predicted molar refractivity (Wildman–Crippen MR) is 107 cm³/mol. The van der Waals surface area contributed by atoms with Crippen molar-refractivity contribution in [1.29, 1.82) is 0 Å². The smallest absolute Gasteiger partial charge is 0.270 e. The van der Waals surface area contributed by atoms with Crippen molar-refractivity contribution in [1.82, 2.24) is 15.1 Å². The average molecular weight is 359 g/mol. The summed E-state index contributed by atoms with van der Waals surface area (Å²) in [6.07, 6.45) is 3.16. The van der Waals surface area contributed by atoms with Crippen molar-refractivity contribution in [2.45, 2.75) is 45.1 Å². The van der Waals surface area contributed by atoms with E-state index in [9.17, 15) is 4.79 Å². The molecule has 4 rings (SSSR count). The third kappa shape index (κ3) is 3.80. The molecule has 1 heterocycles. The van der Waals surface area contributed by atoms with E-state index in [1.54, 1.807) is 4.68 Å². The first kappa shape index (κ1) is 17.5. The van der Waals surface area contributed by atoms with Crippen molar-refractivity contribution in [2.75, 3.05) is 0 Å². The van der Waals surface area contributed by atoms with Crippen LogP contribution in [0, 0.1) is 6.92 Å². The molecule has 27 heavy (non-hydrogen) atoms. The highest BCUT2D eigenvalue weighted by Crippen LogP contribution is 2.39. The molecular weight excluding hydrogens is 334 g/mol. The maximum Gasteiger partial charge on any atom is 0.270 e. The molecule has 1 atom stereocenters. The summed E-state index contributed by atoms with van der Waals surface area (Å²) in [7, 11) is 0. The monoisotopic (exact) mass is 359 g/mol. The van der Waals surface area contributed by atoms with Crippen LogP contribution in [0.4, 0.5) is 0 Å². The summed E-state index contributed by atoms with van der Waals surface area (Å²) in [6, 6.07) is 20.2.